The Labute approximate surface area is 200 Å². The molecule has 1 aromatic carbocycles. The van der Waals surface area contributed by atoms with Gasteiger partial charge in [0.1, 0.15) is 5.56 Å². The number of hydrogen-bond acceptors (Lipinski definition) is 6. The van der Waals surface area contributed by atoms with Crippen molar-refractivity contribution in [2.24, 2.45) is 29.4 Å². The van der Waals surface area contributed by atoms with Crippen molar-refractivity contribution < 1.29 is 23.1 Å². The second-order valence-corrected chi connectivity index (χ2v) is 9.83. The maximum absolute atomic E-state index is 12.8. The Bertz CT molecular complexity index is 1130. The highest BCUT2D eigenvalue weighted by Crippen LogP contribution is 2.53. The van der Waals surface area contributed by atoms with Crippen LogP contribution in [0.15, 0.2) is 30.5 Å². The third-order valence-electron chi connectivity index (χ3n) is 7.89. The summed E-state index contributed by atoms with van der Waals surface area (Å²) < 4.78 is 40.1. The number of likely N-dealkylation sites (tertiary alicyclic amines) is 1. The van der Waals surface area contributed by atoms with Crippen molar-refractivity contribution in [3.8, 4) is 6.07 Å². The summed E-state index contributed by atoms with van der Waals surface area (Å²) >= 11 is 0. The van der Waals surface area contributed by atoms with E-state index < -0.39 is 17.6 Å². The number of nitriles is 1. The topological polar surface area (TPSA) is 120 Å². The fourth-order valence-corrected chi connectivity index (χ4v) is 5.88. The number of anilines is 2. The molecule has 0 radical (unpaired) electrons. The molecule has 1 aromatic heterocycles. The number of fused-ring (bicyclic) bond motifs is 1. The largest absolute Gasteiger partial charge is 0.416 e. The fourth-order valence-electron chi connectivity index (χ4n) is 5.88. The number of aliphatic hydroxyl groups excluding tert-OH is 1. The van der Waals surface area contributed by atoms with Gasteiger partial charge in [0.05, 0.1) is 23.6 Å². The van der Waals surface area contributed by atoms with Gasteiger partial charge < -0.3 is 16.2 Å². The molecule has 1 aliphatic heterocycles. The molecule has 8 nitrogen and oxygen atoms in total. The van der Waals surface area contributed by atoms with Crippen LogP contribution in [0.25, 0.3) is 0 Å². The molecular formula is C24H27F3N6O2. The van der Waals surface area contributed by atoms with Gasteiger partial charge in [-0.25, -0.2) is 0 Å². The number of carbonyl (C=O) groups excluding carboxylic acids is 1. The molecule has 5 rings (SSSR count). The molecule has 3 fully saturated rings. The van der Waals surface area contributed by atoms with E-state index in [4.69, 9.17) is 5.73 Å². The van der Waals surface area contributed by atoms with Crippen LogP contribution in [0.1, 0.15) is 41.2 Å². The summed E-state index contributed by atoms with van der Waals surface area (Å²) in [5.74, 6) is 0.691. The van der Waals surface area contributed by atoms with Gasteiger partial charge in [0.15, 0.2) is 5.82 Å². The summed E-state index contributed by atoms with van der Waals surface area (Å²) in [4.78, 5) is 14.5. The summed E-state index contributed by atoms with van der Waals surface area (Å²) in [5.41, 5.74) is 5.20. The molecule has 1 saturated heterocycles. The van der Waals surface area contributed by atoms with E-state index in [1.807, 2.05) is 0 Å². The number of carbonyl (C=O) groups is 1. The number of amides is 1. The van der Waals surface area contributed by atoms with Gasteiger partial charge in [-0.05, 0) is 61.3 Å². The van der Waals surface area contributed by atoms with Crippen molar-refractivity contribution in [1.29, 1.82) is 5.26 Å². The zero-order valence-electron chi connectivity index (χ0n) is 18.9. The average molecular weight is 489 g/mol. The molecule has 2 aliphatic carbocycles. The lowest BCUT2D eigenvalue weighted by molar-refractivity contribution is -0.137. The first-order chi connectivity index (χ1) is 16.7. The van der Waals surface area contributed by atoms with E-state index in [2.05, 4.69) is 21.4 Å². The Morgan fingerprint density at radius 1 is 1.23 bits per heavy atom. The number of nitrogens with two attached hydrogens (primary N) is 1. The number of aromatic nitrogens is 2. The number of hydrogen-bond donors (Lipinski definition) is 3. The quantitative estimate of drug-likeness (QED) is 0.575. The second kappa shape index (κ2) is 8.84. The standard InChI is InChI=1S/C24H27F3N6O2/c25-24(26,27)14-1-3-15(4-2-14)30-23-19(22(29)35)11-33(31-23)21-6-5-16(7-13(21)8-28)32-9-17-18(10-32)20(17)12-34/h1-4,11,13,16-18,20-21,34H,5-7,9-10,12H2,(H2,29,35)(H,30,31)/t13-,16-,17-,18+,20+,21+/m1/s1. The summed E-state index contributed by atoms with van der Waals surface area (Å²) in [5, 5.41) is 26.6. The number of rotatable bonds is 6. The lowest BCUT2D eigenvalue weighted by Crippen LogP contribution is -2.42. The third-order valence-corrected chi connectivity index (χ3v) is 7.89. The van der Waals surface area contributed by atoms with Crippen LogP contribution >= 0.6 is 0 Å². The first-order valence-corrected chi connectivity index (χ1v) is 11.8. The maximum Gasteiger partial charge on any atom is 0.416 e. The number of alkyl halides is 3. The highest BCUT2D eigenvalue weighted by molar-refractivity contribution is 5.98. The maximum atomic E-state index is 12.8. The number of nitrogens with zero attached hydrogens (tertiary/aromatic N) is 4. The van der Waals surface area contributed by atoms with Crippen LogP contribution in [0.2, 0.25) is 0 Å². The first kappa shape index (κ1) is 23.6. The van der Waals surface area contributed by atoms with Gasteiger partial charge in [-0.2, -0.15) is 23.5 Å². The van der Waals surface area contributed by atoms with Crippen LogP contribution in [-0.4, -0.2) is 51.4 Å². The summed E-state index contributed by atoms with van der Waals surface area (Å²) in [6.45, 7) is 2.19. The zero-order chi connectivity index (χ0) is 24.9. The average Bonchev–Trinajstić information content (AvgIpc) is 3.13. The minimum absolute atomic E-state index is 0.110. The molecule has 6 atom stereocenters. The number of aliphatic hydroxyl groups is 1. The van der Waals surface area contributed by atoms with Gasteiger partial charge in [-0.15, -0.1) is 0 Å². The highest BCUT2D eigenvalue weighted by Gasteiger charge is 2.56. The van der Waals surface area contributed by atoms with E-state index in [0.29, 0.717) is 42.3 Å². The van der Waals surface area contributed by atoms with Crippen molar-refractivity contribution in [2.75, 3.05) is 25.0 Å². The lowest BCUT2D eigenvalue weighted by Gasteiger charge is -2.38. The number of primary amides is 1. The molecule has 3 aliphatic rings. The molecule has 4 N–H and O–H groups in total. The Kier molecular flexibility index (Phi) is 5.97. The molecule has 0 bridgehead atoms. The van der Waals surface area contributed by atoms with Crippen molar-refractivity contribution in [1.82, 2.24) is 14.7 Å². The number of halogens is 3. The van der Waals surface area contributed by atoms with E-state index in [9.17, 15) is 28.3 Å². The molecule has 1 amide bonds. The van der Waals surface area contributed by atoms with Crippen molar-refractivity contribution >= 4 is 17.4 Å². The van der Waals surface area contributed by atoms with Gasteiger partial charge in [-0.3, -0.25) is 14.4 Å². The van der Waals surface area contributed by atoms with Crippen LogP contribution in [0.4, 0.5) is 24.7 Å². The first-order valence-electron chi connectivity index (χ1n) is 11.8. The van der Waals surface area contributed by atoms with Crippen LogP contribution in [0.3, 0.4) is 0 Å². The highest BCUT2D eigenvalue weighted by atomic mass is 19.4. The Morgan fingerprint density at radius 2 is 1.91 bits per heavy atom. The molecule has 35 heavy (non-hydrogen) atoms. The molecule has 2 saturated carbocycles. The number of nitrogens with one attached hydrogen (secondary N) is 1. The van der Waals surface area contributed by atoms with Crippen LogP contribution < -0.4 is 11.1 Å². The van der Waals surface area contributed by atoms with E-state index in [0.717, 1.165) is 31.6 Å². The SMILES string of the molecule is N#C[C@H]1C[C@H](N2C[C@@H]3[C@@H](CO)[C@@H]3C2)CC[C@@H]1n1cc(C(N)=O)c(Nc2ccc(C(F)(F)F)cc2)n1. The Morgan fingerprint density at radius 3 is 2.49 bits per heavy atom. The lowest BCUT2D eigenvalue weighted by atomic mass is 9.81. The predicted molar refractivity (Wildman–Crippen MR) is 120 cm³/mol. The molecular weight excluding hydrogens is 461 g/mol. The van der Waals surface area contributed by atoms with Crippen LogP contribution in [-0.2, 0) is 6.18 Å². The minimum Gasteiger partial charge on any atom is -0.396 e. The van der Waals surface area contributed by atoms with Crippen molar-refractivity contribution in [2.45, 2.75) is 37.5 Å². The fraction of sp³-hybridized carbons (Fsp3) is 0.542. The molecule has 0 spiro atoms. The van der Waals surface area contributed by atoms with E-state index in [1.54, 1.807) is 4.68 Å². The van der Waals surface area contributed by atoms with Crippen LogP contribution in [0.5, 0.6) is 0 Å². The molecule has 2 aromatic rings. The number of piperidine rings is 1. The predicted octanol–water partition coefficient (Wildman–Crippen LogP) is 3.15. The second-order valence-electron chi connectivity index (χ2n) is 9.83. The van der Waals surface area contributed by atoms with Gasteiger partial charge in [0.2, 0.25) is 0 Å². The van der Waals surface area contributed by atoms with Crippen LogP contribution in [0, 0.1) is 35.0 Å². The summed E-state index contributed by atoms with van der Waals surface area (Å²) in [6, 6.07) is 6.89. The Hall–Kier alpha value is -3.10. The van der Waals surface area contributed by atoms with E-state index >= 15 is 0 Å². The van der Waals surface area contributed by atoms with Gasteiger partial charge in [-0.1, -0.05) is 0 Å². The molecule has 11 heteroatoms. The van der Waals surface area contributed by atoms with Gasteiger partial charge in [0.25, 0.3) is 5.91 Å². The molecule has 2 heterocycles. The summed E-state index contributed by atoms with van der Waals surface area (Å²) in [6.07, 6.45) is -0.643. The summed E-state index contributed by atoms with van der Waals surface area (Å²) in [7, 11) is 0. The minimum atomic E-state index is -4.44. The van der Waals surface area contributed by atoms with Crippen molar-refractivity contribution in [3.63, 3.8) is 0 Å². The smallest absolute Gasteiger partial charge is 0.396 e. The zero-order valence-corrected chi connectivity index (χ0v) is 18.9. The molecule has 0 unspecified atom stereocenters. The Balaban J connectivity index is 1.30. The number of benzene rings is 1. The third kappa shape index (κ3) is 4.48. The normalized spacial score (nSPS) is 30.5. The van der Waals surface area contributed by atoms with Gasteiger partial charge in [0, 0.05) is 37.6 Å². The van der Waals surface area contributed by atoms with Gasteiger partial charge >= 0.3 is 6.18 Å². The van der Waals surface area contributed by atoms with E-state index in [1.165, 1.54) is 18.3 Å². The van der Waals surface area contributed by atoms with E-state index in [-0.39, 0.29) is 29.9 Å². The monoisotopic (exact) mass is 488 g/mol. The van der Waals surface area contributed by atoms with Crippen molar-refractivity contribution in [3.05, 3.63) is 41.6 Å². The molecule has 186 valence electrons.